The van der Waals surface area contributed by atoms with E-state index in [4.69, 9.17) is 0 Å². The maximum atomic E-state index is 12.9. The average Bonchev–Trinajstić information content (AvgIpc) is 2.66. The molecule has 0 fully saturated rings. The predicted molar refractivity (Wildman–Crippen MR) is 115 cm³/mol. The third-order valence-electron chi connectivity index (χ3n) is 4.52. The van der Waals surface area contributed by atoms with Gasteiger partial charge in [0.25, 0.3) is 15.3 Å². The summed E-state index contributed by atoms with van der Waals surface area (Å²) >= 11 is 1.02. The highest BCUT2D eigenvalue weighted by Crippen LogP contribution is 2.31. The first-order chi connectivity index (χ1) is 13.7. The second kappa shape index (κ2) is 8.46. The number of thioether (sulfide) groups is 1. The molecule has 0 unspecified atom stereocenters. The molecular weight excluding hydrogens is 410 g/mol. The van der Waals surface area contributed by atoms with Crippen LogP contribution in [0.1, 0.15) is 18.9 Å². The lowest BCUT2D eigenvalue weighted by Crippen LogP contribution is -2.33. The van der Waals surface area contributed by atoms with Crippen molar-refractivity contribution in [2.24, 2.45) is 0 Å². The number of aryl methyl sites for hydroxylation is 1. The summed E-state index contributed by atoms with van der Waals surface area (Å²) in [4.78, 5) is 27.6. The summed E-state index contributed by atoms with van der Waals surface area (Å²) in [6, 6.07) is 11.5. The van der Waals surface area contributed by atoms with E-state index in [-0.39, 0.29) is 16.0 Å². The Morgan fingerprint density at radius 1 is 1.14 bits per heavy atom. The van der Waals surface area contributed by atoms with E-state index in [2.05, 4.69) is 4.72 Å². The topological polar surface area (TPSA) is 86.8 Å². The van der Waals surface area contributed by atoms with Crippen molar-refractivity contribution in [1.82, 2.24) is 4.90 Å². The number of rotatable bonds is 4. The fraction of sp³-hybridized carbons (Fsp3) is 0.300. The van der Waals surface area contributed by atoms with Crippen LogP contribution >= 0.6 is 11.8 Å². The first kappa shape index (κ1) is 21.2. The van der Waals surface area contributed by atoms with E-state index in [1.165, 1.54) is 17.9 Å². The molecule has 0 aliphatic carbocycles. The van der Waals surface area contributed by atoms with Gasteiger partial charge < -0.3 is 9.80 Å². The van der Waals surface area contributed by atoms with Gasteiger partial charge in [-0.25, -0.2) is 8.42 Å². The molecule has 3 rings (SSSR count). The molecule has 29 heavy (non-hydrogen) atoms. The summed E-state index contributed by atoms with van der Waals surface area (Å²) in [5.41, 5.74) is 1.99. The molecule has 0 spiro atoms. The predicted octanol–water partition coefficient (Wildman–Crippen LogP) is 3.56. The highest BCUT2D eigenvalue weighted by molar-refractivity contribution is 8.13. The van der Waals surface area contributed by atoms with E-state index in [0.717, 1.165) is 35.9 Å². The summed E-state index contributed by atoms with van der Waals surface area (Å²) in [6.07, 6.45) is 1.52. The Morgan fingerprint density at radius 3 is 2.59 bits per heavy atom. The van der Waals surface area contributed by atoms with E-state index >= 15 is 0 Å². The number of nitrogens with one attached hydrogen (secondary N) is 1. The van der Waals surface area contributed by atoms with Crippen molar-refractivity contribution in [3.05, 3.63) is 48.0 Å². The number of nitrogens with zero attached hydrogens (tertiary/aromatic N) is 2. The molecular formula is C20H23N3O4S2. The van der Waals surface area contributed by atoms with Gasteiger partial charge in [0.2, 0.25) is 5.91 Å². The first-order valence-corrected chi connectivity index (χ1v) is 11.4. The van der Waals surface area contributed by atoms with Crippen LogP contribution in [-0.4, -0.2) is 45.1 Å². The van der Waals surface area contributed by atoms with Gasteiger partial charge in [0, 0.05) is 43.8 Å². The Morgan fingerprint density at radius 2 is 1.90 bits per heavy atom. The Hall–Kier alpha value is -2.52. The molecule has 9 heteroatoms. The number of hydrogen-bond acceptors (Lipinski definition) is 5. The second-order valence-corrected chi connectivity index (χ2v) is 9.67. The summed E-state index contributed by atoms with van der Waals surface area (Å²) in [5, 5.41) is -0.144. The van der Waals surface area contributed by atoms with Gasteiger partial charge in [-0.3, -0.25) is 14.3 Å². The molecule has 2 amide bonds. The van der Waals surface area contributed by atoms with Gasteiger partial charge in [-0.15, -0.1) is 0 Å². The SMILES string of the molecule is CC(=O)N1CCCc2cc(S(=O)(=O)Nc3cccc(SC(=O)N(C)C)c3)ccc21. The van der Waals surface area contributed by atoms with Crippen LogP contribution in [0.4, 0.5) is 16.2 Å². The lowest BCUT2D eigenvalue weighted by atomic mass is 10.0. The molecule has 2 aromatic rings. The van der Waals surface area contributed by atoms with Crippen LogP contribution in [0.5, 0.6) is 0 Å². The van der Waals surface area contributed by atoms with Crippen molar-refractivity contribution in [2.45, 2.75) is 29.6 Å². The highest BCUT2D eigenvalue weighted by atomic mass is 32.2. The van der Waals surface area contributed by atoms with Gasteiger partial charge in [0.1, 0.15) is 0 Å². The monoisotopic (exact) mass is 433 g/mol. The molecule has 0 radical (unpaired) electrons. The maximum absolute atomic E-state index is 12.9. The third-order valence-corrected chi connectivity index (χ3v) is 6.92. The number of anilines is 2. The number of hydrogen-bond donors (Lipinski definition) is 1. The largest absolute Gasteiger partial charge is 0.339 e. The zero-order chi connectivity index (χ0) is 21.2. The fourth-order valence-corrected chi connectivity index (χ4v) is 4.91. The van der Waals surface area contributed by atoms with E-state index in [0.29, 0.717) is 17.1 Å². The molecule has 0 aromatic heterocycles. The number of carbonyl (C=O) groups excluding carboxylic acids is 2. The number of amides is 2. The van der Waals surface area contributed by atoms with Crippen molar-refractivity contribution >= 4 is 44.3 Å². The highest BCUT2D eigenvalue weighted by Gasteiger charge is 2.23. The Balaban J connectivity index is 1.83. The van der Waals surface area contributed by atoms with Crippen molar-refractivity contribution in [1.29, 1.82) is 0 Å². The molecule has 0 atom stereocenters. The summed E-state index contributed by atoms with van der Waals surface area (Å²) in [5.74, 6) is -0.0544. The van der Waals surface area contributed by atoms with Crippen LogP contribution in [0.2, 0.25) is 0 Å². The Bertz CT molecular complexity index is 1050. The lowest BCUT2D eigenvalue weighted by Gasteiger charge is -2.28. The molecule has 1 heterocycles. The zero-order valence-corrected chi connectivity index (χ0v) is 18.1. The van der Waals surface area contributed by atoms with Crippen molar-refractivity contribution in [2.75, 3.05) is 30.3 Å². The zero-order valence-electron chi connectivity index (χ0n) is 16.5. The van der Waals surface area contributed by atoms with Crippen LogP contribution in [-0.2, 0) is 21.2 Å². The third kappa shape index (κ3) is 4.91. The summed E-state index contributed by atoms with van der Waals surface area (Å²) in [7, 11) is -0.488. The fourth-order valence-electron chi connectivity index (χ4n) is 3.10. The Labute approximate surface area is 175 Å². The van der Waals surface area contributed by atoms with E-state index in [1.807, 2.05) is 0 Å². The number of carbonyl (C=O) groups is 2. The normalized spacial score (nSPS) is 13.6. The lowest BCUT2D eigenvalue weighted by molar-refractivity contribution is -0.116. The smallest absolute Gasteiger partial charge is 0.285 e. The van der Waals surface area contributed by atoms with Crippen LogP contribution in [0.3, 0.4) is 0 Å². The summed E-state index contributed by atoms with van der Waals surface area (Å²) < 4.78 is 28.3. The minimum atomic E-state index is -3.80. The second-order valence-electron chi connectivity index (χ2n) is 6.96. The molecule has 1 aliphatic rings. The number of fused-ring (bicyclic) bond motifs is 1. The van der Waals surface area contributed by atoms with E-state index in [1.54, 1.807) is 55.4 Å². The number of benzene rings is 2. The van der Waals surface area contributed by atoms with Gasteiger partial charge >= 0.3 is 0 Å². The summed E-state index contributed by atoms with van der Waals surface area (Å²) in [6.45, 7) is 2.15. The molecule has 154 valence electrons. The first-order valence-electron chi connectivity index (χ1n) is 9.10. The van der Waals surface area contributed by atoms with E-state index < -0.39 is 10.0 Å². The minimum absolute atomic E-state index is 0.0544. The molecule has 1 N–H and O–H groups in total. The van der Waals surface area contributed by atoms with Crippen LogP contribution in [0.15, 0.2) is 52.3 Å². The van der Waals surface area contributed by atoms with Crippen molar-refractivity contribution in [3.8, 4) is 0 Å². The molecule has 7 nitrogen and oxygen atoms in total. The van der Waals surface area contributed by atoms with Crippen molar-refractivity contribution in [3.63, 3.8) is 0 Å². The van der Waals surface area contributed by atoms with Crippen LogP contribution in [0, 0.1) is 0 Å². The molecule has 0 bridgehead atoms. The maximum Gasteiger partial charge on any atom is 0.285 e. The van der Waals surface area contributed by atoms with Gasteiger partial charge in [-0.1, -0.05) is 6.07 Å². The van der Waals surface area contributed by atoms with Gasteiger partial charge in [0.05, 0.1) is 4.90 Å². The van der Waals surface area contributed by atoms with Crippen molar-refractivity contribution < 1.29 is 18.0 Å². The molecule has 0 saturated carbocycles. The Kier molecular flexibility index (Phi) is 6.18. The quantitative estimate of drug-likeness (QED) is 0.745. The molecule has 0 saturated heterocycles. The minimum Gasteiger partial charge on any atom is -0.339 e. The standard InChI is InChI=1S/C20H23N3O4S2/c1-14(24)23-11-5-6-15-12-18(9-10-19(15)23)29(26,27)21-16-7-4-8-17(13-16)28-20(25)22(2)3/h4,7-10,12-13,21H,5-6,11H2,1-3H3. The van der Waals surface area contributed by atoms with Gasteiger partial charge in [-0.05, 0) is 66.6 Å². The van der Waals surface area contributed by atoms with Gasteiger partial charge in [-0.2, -0.15) is 0 Å². The van der Waals surface area contributed by atoms with Gasteiger partial charge in [0.15, 0.2) is 0 Å². The molecule has 2 aromatic carbocycles. The van der Waals surface area contributed by atoms with E-state index in [9.17, 15) is 18.0 Å². The van der Waals surface area contributed by atoms with Crippen LogP contribution < -0.4 is 9.62 Å². The molecule has 1 aliphatic heterocycles. The van der Waals surface area contributed by atoms with Crippen LogP contribution in [0.25, 0.3) is 0 Å². The average molecular weight is 434 g/mol. The number of sulfonamides is 1.